The van der Waals surface area contributed by atoms with Crippen LogP contribution in [-0.2, 0) is 11.3 Å². The van der Waals surface area contributed by atoms with Gasteiger partial charge in [0, 0.05) is 12.1 Å². The van der Waals surface area contributed by atoms with Crippen molar-refractivity contribution < 1.29 is 19.0 Å². The lowest BCUT2D eigenvalue weighted by Gasteiger charge is -2.36. The average Bonchev–Trinajstić information content (AvgIpc) is 3.28. The number of hydrogen-bond acceptors (Lipinski definition) is 5. The Bertz CT molecular complexity index is 1010. The SMILES string of the molecule is O=C(N[C@H]1CC[C@H](CCn2cc(-c3ccccc3)nn2)O[C@@H]1CO)c1ccccc1F. The summed E-state index contributed by atoms with van der Waals surface area (Å²) >= 11 is 0. The van der Waals surface area contributed by atoms with E-state index in [0.717, 1.165) is 17.7 Å². The third kappa shape index (κ3) is 5.15. The molecule has 2 heterocycles. The van der Waals surface area contributed by atoms with Gasteiger partial charge >= 0.3 is 0 Å². The Kier molecular flexibility index (Phi) is 6.69. The molecule has 1 aliphatic heterocycles. The monoisotopic (exact) mass is 424 g/mol. The van der Waals surface area contributed by atoms with Crippen LogP contribution < -0.4 is 5.32 Å². The van der Waals surface area contributed by atoms with Crippen molar-refractivity contribution in [3.8, 4) is 11.3 Å². The van der Waals surface area contributed by atoms with Gasteiger partial charge in [0.15, 0.2) is 0 Å². The molecule has 0 saturated carbocycles. The quantitative estimate of drug-likeness (QED) is 0.609. The first-order chi connectivity index (χ1) is 15.1. The third-order valence-electron chi connectivity index (χ3n) is 5.52. The summed E-state index contributed by atoms with van der Waals surface area (Å²) in [5.74, 6) is -1.07. The molecule has 4 rings (SSSR count). The van der Waals surface area contributed by atoms with Gasteiger partial charge in [-0.3, -0.25) is 9.48 Å². The molecule has 1 fully saturated rings. The number of aryl methyl sites for hydroxylation is 1. The van der Waals surface area contributed by atoms with Gasteiger partial charge in [0.25, 0.3) is 5.91 Å². The summed E-state index contributed by atoms with van der Waals surface area (Å²) in [7, 11) is 0. The number of nitrogens with one attached hydrogen (secondary N) is 1. The van der Waals surface area contributed by atoms with Crippen LogP contribution in [0.2, 0.25) is 0 Å². The molecule has 0 radical (unpaired) electrons. The minimum absolute atomic E-state index is 0.0123. The third-order valence-corrected chi connectivity index (χ3v) is 5.52. The zero-order chi connectivity index (χ0) is 21.6. The molecular formula is C23H25FN4O3. The van der Waals surface area contributed by atoms with Gasteiger partial charge in [-0.05, 0) is 31.4 Å². The molecule has 1 saturated heterocycles. The van der Waals surface area contributed by atoms with Crippen LogP contribution in [0, 0.1) is 5.82 Å². The Balaban J connectivity index is 1.30. The van der Waals surface area contributed by atoms with Crippen molar-refractivity contribution in [2.75, 3.05) is 6.61 Å². The molecule has 3 aromatic rings. The van der Waals surface area contributed by atoms with Crippen LogP contribution in [0.5, 0.6) is 0 Å². The van der Waals surface area contributed by atoms with Crippen molar-refractivity contribution in [1.82, 2.24) is 20.3 Å². The smallest absolute Gasteiger partial charge is 0.254 e. The molecule has 1 aliphatic rings. The highest BCUT2D eigenvalue weighted by Gasteiger charge is 2.32. The highest BCUT2D eigenvalue weighted by Crippen LogP contribution is 2.23. The Morgan fingerprint density at radius 2 is 1.94 bits per heavy atom. The number of benzene rings is 2. The molecule has 0 unspecified atom stereocenters. The standard InChI is InChI=1S/C23H25FN4O3/c24-19-9-5-4-8-18(19)23(30)25-20-11-10-17(31-22(20)15-29)12-13-28-14-21(26-27-28)16-6-2-1-3-7-16/h1-9,14,17,20,22,29H,10-13,15H2,(H,25,30)/t17-,20+,22-/m1/s1. The highest BCUT2D eigenvalue weighted by atomic mass is 19.1. The van der Waals surface area contributed by atoms with Crippen molar-refractivity contribution in [2.45, 2.75) is 44.1 Å². The lowest BCUT2D eigenvalue weighted by atomic mass is 9.96. The highest BCUT2D eigenvalue weighted by molar-refractivity contribution is 5.94. The van der Waals surface area contributed by atoms with E-state index in [0.29, 0.717) is 19.4 Å². The van der Waals surface area contributed by atoms with Crippen LogP contribution in [0.15, 0.2) is 60.8 Å². The summed E-state index contributed by atoms with van der Waals surface area (Å²) < 4.78 is 21.6. The number of halogens is 1. The largest absolute Gasteiger partial charge is 0.394 e. The maximum absolute atomic E-state index is 13.9. The number of ether oxygens (including phenoxy) is 1. The first kappa shape index (κ1) is 21.1. The van der Waals surface area contributed by atoms with E-state index in [9.17, 15) is 14.3 Å². The van der Waals surface area contributed by atoms with Crippen molar-refractivity contribution >= 4 is 5.91 Å². The van der Waals surface area contributed by atoms with E-state index in [-0.39, 0.29) is 24.3 Å². The number of carbonyl (C=O) groups excluding carboxylic acids is 1. The summed E-state index contributed by atoms with van der Waals surface area (Å²) in [5, 5.41) is 21.0. The fraction of sp³-hybridized carbons (Fsp3) is 0.348. The number of hydrogen-bond donors (Lipinski definition) is 2. The van der Waals surface area contributed by atoms with Crippen LogP contribution in [0.4, 0.5) is 4.39 Å². The van der Waals surface area contributed by atoms with Gasteiger partial charge < -0.3 is 15.2 Å². The number of aromatic nitrogens is 3. The van der Waals surface area contributed by atoms with Gasteiger partial charge in [-0.25, -0.2) is 4.39 Å². The zero-order valence-electron chi connectivity index (χ0n) is 17.0. The van der Waals surface area contributed by atoms with E-state index >= 15 is 0 Å². The summed E-state index contributed by atoms with van der Waals surface area (Å²) in [6.45, 7) is 0.412. The van der Waals surface area contributed by atoms with Crippen LogP contribution in [0.3, 0.4) is 0 Å². The van der Waals surface area contributed by atoms with Crippen LogP contribution >= 0.6 is 0 Å². The van der Waals surface area contributed by atoms with E-state index in [1.54, 1.807) is 10.7 Å². The predicted molar refractivity (Wildman–Crippen MR) is 113 cm³/mol. The normalized spacial score (nSPS) is 21.0. The number of aliphatic hydroxyl groups excluding tert-OH is 1. The van der Waals surface area contributed by atoms with Gasteiger partial charge in [0.1, 0.15) is 17.6 Å². The van der Waals surface area contributed by atoms with E-state index in [4.69, 9.17) is 4.74 Å². The number of carbonyl (C=O) groups is 1. The molecule has 3 atom stereocenters. The summed E-state index contributed by atoms with van der Waals surface area (Å²) in [6, 6.07) is 15.3. The Morgan fingerprint density at radius 1 is 1.16 bits per heavy atom. The molecule has 31 heavy (non-hydrogen) atoms. The molecule has 1 amide bonds. The summed E-state index contributed by atoms with van der Waals surface area (Å²) in [5.41, 5.74) is 1.81. The second-order valence-corrected chi connectivity index (χ2v) is 7.64. The Morgan fingerprint density at radius 3 is 2.71 bits per heavy atom. The second-order valence-electron chi connectivity index (χ2n) is 7.64. The van der Waals surface area contributed by atoms with Crippen LogP contribution in [-0.4, -0.2) is 50.9 Å². The molecule has 8 heteroatoms. The lowest BCUT2D eigenvalue weighted by molar-refractivity contribution is -0.0912. The molecule has 162 valence electrons. The van der Waals surface area contributed by atoms with Crippen molar-refractivity contribution in [1.29, 1.82) is 0 Å². The van der Waals surface area contributed by atoms with Crippen molar-refractivity contribution in [3.63, 3.8) is 0 Å². The van der Waals surface area contributed by atoms with Gasteiger partial charge in [-0.1, -0.05) is 47.7 Å². The molecule has 2 N–H and O–H groups in total. The fourth-order valence-electron chi connectivity index (χ4n) is 3.83. The van der Waals surface area contributed by atoms with E-state index in [1.165, 1.54) is 18.2 Å². The van der Waals surface area contributed by atoms with Crippen molar-refractivity contribution in [3.05, 3.63) is 72.2 Å². The fourth-order valence-corrected chi connectivity index (χ4v) is 3.83. The second kappa shape index (κ2) is 9.80. The lowest BCUT2D eigenvalue weighted by Crippen LogP contribution is -2.51. The Labute approximate surface area is 179 Å². The molecule has 0 aliphatic carbocycles. The first-order valence-corrected chi connectivity index (χ1v) is 10.4. The van der Waals surface area contributed by atoms with Gasteiger partial charge in [-0.2, -0.15) is 0 Å². The number of nitrogens with zero attached hydrogens (tertiary/aromatic N) is 3. The van der Waals surface area contributed by atoms with Crippen molar-refractivity contribution in [2.24, 2.45) is 0 Å². The van der Waals surface area contributed by atoms with E-state index in [1.807, 2.05) is 36.5 Å². The number of amides is 1. The van der Waals surface area contributed by atoms with Gasteiger partial charge in [0.2, 0.25) is 0 Å². The maximum Gasteiger partial charge on any atom is 0.254 e. The Hall–Kier alpha value is -3.10. The molecule has 2 aromatic carbocycles. The first-order valence-electron chi connectivity index (χ1n) is 10.4. The van der Waals surface area contributed by atoms with Gasteiger partial charge in [-0.15, -0.1) is 5.10 Å². The topological polar surface area (TPSA) is 89.3 Å². The minimum atomic E-state index is -0.571. The zero-order valence-corrected chi connectivity index (χ0v) is 17.0. The molecular weight excluding hydrogens is 399 g/mol. The minimum Gasteiger partial charge on any atom is -0.394 e. The molecule has 1 aromatic heterocycles. The van der Waals surface area contributed by atoms with E-state index < -0.39 is 17.8 Å². The summed E-state index contributed by atoms with van der Waals surface area (Å²) in [4.78, 5) is 12.4. The number of aliphatic hydroxyl groups is 1. The van der Waals surface area contributed by atoms with Crippen LogP contribution in [0.25, 0.3) is 11.3 Å². The molecule has 0 spiro atoms. The molecule has 7 nitrogen and oxygen atoms in total. The predicted octanol–water partition coefficient (Wildman–Crippen LogP) is 2.81. The number of rotatable bonds is 7. The summed E-state index contributed by atoms with van der Waals surface area (Å²) in [6.07, 6.45) is 3.37. The van der Waals surface area contributed by atoms with E-state index in [2.05, 4.69) is 15.6 Å². The van der Waals surface area contributed by atoms with Crippen LogP contribution in [0.1, 0.15) is 29.6 Å². The maximum atomic E-state index is 13.9. The van der Waals surface area contributed by atoms with Gasteiger partial charge in [0.05, 0.1) is 30.5 Å². The molecule has 0 bridgehead atoms. The average molecular weight is 424 g/mol.